The first-order valence-corrected chi connectivity index (χ1v) is 3.73. The van der Waals surface area contributed by atoms with Crippen molar-refractivity contribution in [1.82, 2.24) is 0 Å². The maximum absolute atomic E-state index is 10.3. The maximum atomic E-state index is 10.3. The predicted molar refractivity (Wildman–Crippen MR) is 48.5 cm³/mol. The minimum absolute atomic E-state index is 0.515. The summed E-state index contributed by atoms with van der Waals surface area (Å²) in [7, 11) is 0. The SMILES string of the molecule is O=Nc1ccc2cccccc1-2. The Morgan fingerprint density at radius 3 is 2.58 bits per heavy atom. The molecule has 0 fully saturated rings. The van der Waals surface area contributed by atoms with Gasteiger partial charge >= 0.3 is 0 Å². The standard InChI is InChI=1S/C10H7NO/c12-11-10-7-6-8-4-2-1-3-5-9(8)10/h1-7H. The molecule has 0 radical (unpaired) electrons. The van der Waals surface area contributed by atoms with Crippen LogP contribution in [0.5, 0.6) is 0 Å². The van der Waals surface area contributed by atoms with E-state index in [9.17, 15) is 4.91 Å². The molecule has 0 aromatic carbocycles. The minimum atomic E-state index is 0.515. The van der Waals surface area contributed by atoms with Gasteiger partial charge in [0.05, 0.1) is 0 Å². The number of hydrogen-bond acceptors (Lipinski definition) is 2. The Labute approximate surface area is 70.2 Å². The molecule has 2 aliphatic rings. The summed E-state index contributed by atoms with van der Waals surface area (Å²) < 4.78 is 0. The van der Waals surface area contributed by atoms with Gasteiger partial charge in [-0.2, -0.15) is 0 Å². The van der Waals surface area contributed by atoms with E-state index in [1.165, 1.54) is 0 Å². The Kier molecular flexibility index (Phi) is 1.59. The minimum Gasteiger partial charge on any atom is -0.145 e. The lowest BCUT2D eigenvalue weighted by Crippen LogP contribution is -1.63. The molecular formula is C10H7NO. The molecule has 0 bridgehead atoms. The van der Waals surface area contributed by atoms with Gasteiger partial charge in [-0.1, -0.05) is 36.4 Å². The molecule has 0 aromatic heterocycles. The van der Waals surface area contributed by atoms with Crippen LogP contribution in [-0.2, 0) is 0 Å². The number of rotatable bonds is 1. The second-order valence-corrected chi connectivity index (χ2v) is 2.59. The highest BCUT2D eigenvalue weighted by molar-refractivity contribution is 5.78. The predicted octanol–water partition coefficient (Wildman–Crippen LogP) is 3.19. The Balaban J connectivity index is 2.72. The quantitative estimate of drug-likeness (QED) is 0.584. The molecule has 0 aromatic rings. The van der Waals surface area contributed by atoms with Gasteiger partial charge in [-0.15, -0.1) is 4.91 Å². The molecule has 2 heteroatoms. The van der Waals surface area contributed by atoms with Crippen LogP contribution in [0.1, 0.15) is 0 Å². The molecule has 2 nitrogen and oxygen atoms in total. The fourth-order valence-electron chi connectivity index (χ4n) is 1.28. The third-order valence-corrected chi connectivity index (χ3v) is 1.87. The zero-order valence-electron chi connectivity index (χ0n) is 6.40. The number of hydrogen-bond donors (Lipinski definition) is 0. The van der Waals surface area contributed by atoms with Crippen molar-refractivity contribution >= 4 is 5.69 Å². The highest BCUT2D eigenvalue weighted by atomic mass is 16.3. The van der Waals surface area contributed by atoms with Crippen LogP contribution in [0.2, 0.25) is 0 Å². The van der Waals surface area contributed by atoms with Gasteiger partial charge in [0.15, 0.2) is 0 Å². The summed E-state index contributed by atoms with van der Waals surface area (Å²) in [4.78, 5) is 10.3. The first-order chi connectivity index (χ1) is 5.92. The maximum Gasteiger partial charge on any atom is 0.115 e. The zero-order chi connectivity index (χ0) is 8.39. The summed E-state index contributed by atoms with van der Waals surface area (Å²) in [6.07, 6.45) is 0. The molecule has 12 heavy (non-hydrogen) atoms. The Bertz CT molecular complexity index is 384. The number of fused-ring (bicyclic) bond motifs is 1. The normalized spacial score (nSPS) is 10.0. The van der Waals surface area contributed by atoms with E-state index in [2.05, 4.69) is 5.18 Å². The van der Waals surface area contributed by atoms with Gasteiger partial charge in [0.2, 0.25) is 0 Å². The van der Waals surface area contributed by atoms with E-state index in [-0.39, 0.29) is 0 Å². The van der Waals surface area contributed by atoms with Crippen LogP contribution in [0.3, 0.4) is 0 Å². The van der Waals surface area contributed by atoms with Crippen LogP contribution >= 0.6 is 0 Å². The van der Waals surface area contributed by atoms with Crippen molar-refractivity contribution < 1.29 is 0 Å². The fourth-order valence-corrected chi connectivity index (χ4v) is 1.28. The van der Waals surface area contributed by atoms with Crippen molar-refractivity contribution in [3.05, 3.63) is 47.4 Å². The number of nitrogens with zero attached hydrogens (tertiary/aromatic N) is 1. The summed E-state index contributed by atoms with van der Waals surface area (Å²) in [6.45, 7) is 0. The van der Waals surface area contributed by atoms with Gasteiger partial charge in [0.1, 0.15) is 5.69 Å². The van der Waals surface area contributed by atoms with E-state index >= 15 is 0 Å². The van der Waals surface area contributed by atoms with Crippen LogP contribution in [-0.4, -0.2) is 0 Å². The van der Waals surface area contributed by atoms with Crippen LogP contribution in [0.4, 0.5) is 5.69 Å². The highest BCUT2D eigenvalue weighted by Crippen LogP contribution is 2.32. The second kappa shape index (κ2) is 2.74. The van der Waals surface area contributed by atoms with Crippen LogP contribution < -0.4 is 0 Å². The molecule has 0 unspecified atom stereocenters. The monoisotopic (exact) mass is 157 g/mol. The van der Waals surface area contributed by atoms with Gasteiger partial charge in [0.25, 0.3) is 0 Å². The van der Waals surface area contributed by atoms with Gasteiger partial charge in [0, 0.05) is 5.56 Å². The van der Waals surface area contributed by atoms with Gasteiger partial charge in [-0.25, -0.2) is 0 Å². The number of nitroso groups, excluding NO2 is 1. The van der Waals surface area contributed by atoms with Crippen molar-refractivity contribution in [3.8, 4) is 11.1 Å². The molecule has 58 valence electrons. The first-order valence-electron chi connectivity index (χ1n) is 3.73. The van der Waals surface area contributed by atoms with Crippen molar-refractivity contribution in [1.29, 1.82) is 0 Å². The fraction of sp³-hybridized carbons (Fsp3) is 0. The largest absolute Gasteiger partial charge is 0.145 e. The molecule has 0 amide bonds. The zero-order valence-corrected chi connectivity index (χ0v) is 6.40. The topological polar surface area (TPSA) is 29.4 Å². The summed E-state index contributed by atoms with van der Waals surface area (Å²) in [5.41, 5.74) is 2.48. The van der Waals surface area contributed by atoms with Crippen LogP contribution in [0.15, 0.2) is 47.6 Å². The molecule has 0 atom stereocenters. The van der Waals surface area contributed by atoms with E-state index in [0.29, 0.717) is 5.69 Å². The lowest BCUT2D eigenvalue weighted by molar-refractivity contribution is 1.55. The van der Waals surface area contributed by atoms with Crippen molar-refractivity contribution in [2.45, 2.75) is 0 Å². The lowest BCUT2D eigenvalue weighted by atomic mass is 10.2. The lowest BCUT2D eigenvalue weighted by Gasteiger charge is -1.89. The molecule has 0 aliphatic heterocycles. The average Bonchev–Trinajstić information content (AvgIpc) is 2.33. The Morgan fingerprint density at radius 2 is 1.75 bits per heavy atom. The first kappa shape index (κ1) is 6.98. The smallest absolute Gasteiger partial charge is 0.115 e. The molecule has 2 aliphatic carbocycles. The summed E-state index contributed by atoms with van der Waals surface area (Å²) in [5, 5.41) is 2.94. The Morgan fingerprint density at radius 1 is 0.917 bits per heavy atom. The van der Waals surface area contributed by atoms with E-state index in [1.807, 2.05) is 36.4 Å². The van der Waals surface area contributed by atoms with Crippen molar-refractivity contribution in [3.63, 3.8) is 0 Å². The van der Waals surface area contributed by atoms with Gasteiger partial charge in [-0.3, -0.25) is 0 Å². The Hall–Kier alpha value is -1.70. The molecular weight excluding hydrogens is 150 g/mol. The van der Waals surface area contributed by atoms with Gasteiger partial charge in [-0.05, 0) is 16.8 Å². The van der Waals surface area contributed by atoms with Crippen molar-refractivity contribution in [2.75, 3.05) is 0 Å². The molecule has 2 rings (SSSR count). The summed E-state index contributed by atoms with van der Waals surface area (Å²) in [6, 6.07) is 13.3. The molecule has 0 saturated carbocycles. The third-order valence-electron chi connectivity index (χ3n) is 1.87. The van der Waals surface area contributed by atoms with Crippen LogP contribution in [0, 0.1) is 4.91 Å². The molecule has 0 spiro atoms. The van der Waals surface area contributed by atoms with E-state index in [4.69, 9.17) is 0 Å². The second-order valence-electron chi connectivity index (χ2n) is 2.59. The highest BCUT2D eigenvalue weighted by Gasteiger charge is 2.06. The molecule has 0 N–H and O–H groups in total. The average molecular weight is 157 g/mol. The van der Waals surface area contributed by atoms with Crippen LogP contribution in [0.25, 0.3) is 11.1 Å². The molecule has 0 heterocycles. The summed E-state index contributed by atoms with van der Waals surface area (Å²) >= 11 is 0. The summed E-state index contributed by atoms with van der Waals surface area (Å²) in [5.74, 6) is 0. The van der Waals surface area contributed by atoms with E-state index < -0.39 is 0 Å². The van der Waals surface area contributed by atoms with E-state index in [0.717, 1.165) is 11.1 Å². The molecule has 0 saturated heterocycles. The van der Waals surface area contributed by atoms with E-state index in [1.54, 1.807) is 6.07 Å². The third kappa shape index (κ3) is 0.975. The van der Waals surface area contributed by atoms with Crippen molar-refractivity contribution in [2.24, 2.45) is 5.18 Å². The van der Waals surface area contributed by atoms with Gasteiger partial charge < -0.3 is 0 Å².